The third kappa shape index (κ3) is 3.40. The lowest BCUT2D eigenvalue weighted by Gasteiger charge is -2.31. The van der Waals surface area contributed by atoms with E-state index >= 15 is 0 Å². The summed E-state index contributed by atoms with van der Waals surface area (Å²) in [5, 5.41) is 6.22. The van der Waals surface area contributed by atoms with Crippen LogP contribution in [0.4, 0.5) is 0 Å². The second kappa shape index (κ2) is 6.11. The highest BCUT2D eigenvalue weighted by Crippen LogP contribution is 2.12. The highest BCUT2D eigenvalue weighted by molar-refractivity contribution is 7.09. The van der Waals surface area contributed by atoms with Gasteiger partial charge < -0.3 is 10.2 Å². The van der Waals surface area contributed by atoms with Crippen molar-refractivity contribution in [2.24, 2.45) is 0 Å². The number of piperidine rings is 1. The second-order valence-corrected chi connectivity index (χ2v) is 5.60. The molecule has 1 aliphatic rings. The molecule has 18 heavy (non-hydrogen) atoms. The predicted octanol–water partition coefficient (Wildman–Crippen LogP) is 1.68. The van der Waals surface area contributed by atoms with E-state index in [4.69, 9.17) is 0 Å². The van der Waals surface area contributed by atoms with Crippen LogP contribution in [0.3, 0.4) is 0 Å². The van der Waals surface area contributed by atoms with E-state index < -0.39 is 0 Å². The maximum Gasteiger partial charge on any atom is 0.246 e. The van der Waals surface area contributed by atoms with Crippen LogP contribution in [0.1, 0.15) is 23.5 Å². The van der Waals surface area contributed by atoms with Crippen molar-refractivity contribution in [1.82, 2.24) is 15.2 Å². The van der Waals surface area contributed by atoms with Crippen LogP contribution in [0, 0.1) is 6.92 Å². The summed E-state index contributed by atoms with van der Waals surface area (Å²) >= 11 is 1.60. The molecule has 1 aliphatic heterocycles. The number of likely N-dealkylation sites (tertiary alicyclic amines) is 1. The number of rotatable bonds is 3. The van der Waals surface area contributed by atoms with Gasteiger partial charge in [0.15, 0.2) is 0 Å². The summed E-state index contributed by atoms with van der Waals surface area (Å²) in [5.74, 6) is 0.0839. The fourth-order valence-corrected chi connectivity index (χ4v) is 2.71. The lowest BCUT2D eigenvalue weighted by Crippen LogP contribution is -2.46. The molecule has 5 heteroatoms. The monoisotopic (exact) mass is 265 g/mol. The Labute approximate surface area is 112 Å². The van der Waals surface area contributed by atoms with Crippen LogP contribution in [0.25, 0.3) is 6.08 Å². The minimum atomic E-state index is 0.0839. The number of hydrogen-bond acceptors (Lipinski definition) is 4. The molecule has 98 valence electrons. The highest BCUT2D eigenvalue weighted by Gasteiger charge is 2.20. The molecule has 1 amide bonds. The van der Waals surface area contributed by atoms with Crippen molar-refractivity contribution in [3.8, 4) is 0 Å². The molecular formula is C13H19N3OS. The number of hydrogen-bond donors (Lipinski definition) is 1. The zero-order valence-electron chi connectivity index (χ0n) is 10.8. The Hall–Kier alpha value is -1.20. The number of thiazole rings is 1. The van der Waals surface area contributed by atoms with Crippen LogP contribution in [0.2, 0.25) is 0 Å². The van der Waals surface area contributed by atoms with Crippen molar-refractivity contribution in [1.29, 1.82) is 0 Å². The number of aromatic nitrogens is 1. The Kier molecular flexibility index (Phi) is 4.49. The average Bonchev–Trinajstić information content (AvgIpc) is 2.82. The summed E-state index contributed by atoms with van der Waals surface area (Å²) in [4.78, 5) is 18.2. The molecule has 1 N–H and O–H groups in total. The van der Waals surface area contributed by atoms with E-state index in [0.717, 1.165) is 36.6 Å². The molecule has 2 rings (SSSR count). The fraction of sp³-hybridized carbons (Fsp3) is 0.538. The van der Waals surface area contributed by atoms with Gasteiger partial charge in [-0.15, -0.1) is 11.3 Å². The van der Waals surface area contributed by atoms with E-state index in [0.29, 0.717) is 6.04 Å². The molecule has 1 aromatic rings. The lowest BCUT2D eigenvalue weighted by atomic mass is 10.1. The molecule has 1 unspecified atom stereocenters. The molecule has 1 atom stereocenters. The standard InChI is InChI=1S/C13H19N3OS/c1-10-15-12(9-18-10)5-6-13(17)16-7-3-4-11(8-16)14-2/h5-6,9,11,14H,3-4,7-8H2,1-2H3/b6-5+. The van der Waals surface area contributed by atoms with E-state index in [1.165, 1.54) is 0 Å². The van der Waals surface area contributed by atoms with E-state index in [2.05, 4.69) is 10.3 Å². The van der Waals surface area contributed by atoms with Gasteiger partial charge in [0.1, 0.15) is 0 Å². The summed E-state index contributed by atoms with van der Waals surface area (Å²) < 4.78 is 0. The van der Waals surface area contributed by atoms with Gasteiger partial charge >= 0.3 is 0 Å². The molecule has 0 aliphatic carbocycles. The quantitative estimate of drug-likeness (QED) is 0.846. The smallest absolute Gasteiger partial charge is 0.246 e. The topological polar surface area (TPSA) is 45.2 Å². The van der Waals surface area contributed by atoms with Crippen molar-refractivity contribution < 1.29 is 4.79 Å². The minimum absolute atomic E-state index is 0.0839. The van der Waals surface area contributed by atoms with Gasteiger partial charge in [0.2, 0.25) is 5.91 Å². The normalized spacial score (nSPS) is 20.6. The molecule has 4 nitrogen and oxygen atoms in total. The Balaban J connectivity index is 1.93. The lowest BCUT2D eigenvalue weighted by molar-refractivity contribution is -0.127. The third-order valence-electron chi connectivity index (χ3n) is 3.17. The molecule has 0 bridgehead atoms. The molecular weight excluding hydrogens is 246 g/mol. The highest BCUT2D eigenvalue weighted by atomic mass is 32.1. The number of likely N-dealkylation sites (N-methyl/N-ethyl adjacent to an activating group) is 1. The zero-order valence-corrected chi connectivity index (χ0v) is 11.7. The van der Waals surface area contributed by atoms with Gasteiger partial charge in [0.05, 0.1) is 10.7 Å². The Bertz CT molecular complexity index is 441. The van der Waals surface area contributed by atoms with Crippen LogP contribution in [-0.4, -0.2) is 42.0 Å². The van der Waals surface area contributed by atoms with Crippen molar-refractivity contribution >= 4 is 23.3 Å². The number of nitrogens with zero attached hydrogens (tertiary/aromatic N) is 2. The van der Waals surface area contributed by atoms with E-state index in [9.17, 15) is 4.79 Å². The Morgan fingerprint density at radius 2 is 2.50 bits per heavy atom. The summed E-state index contributed by atoms with van der Waals surface area (Å²) in [6, 6.07) is 0.428. The number of carbonyl (C=O) groups is 1. The SMILES string of the molecule is CNC1CCCN(C(=O)/C=C/c2csc(C)n2)C1. The summed E-state index contributed by atoms with van der Waals surface area (Å²) in [5.41, 5.74) is 0.869. The number of nitrogens with one attached hydrogen (secondary N) is 1. The average molecular weight is 265 g/mol. The van der Waals surface area contributed by atoms with E-state index in [1.54, 1.807) is 23.5 Å². The number of aryl methyl sites for hydroxylation is 1. The maximum absolute atomic E-state index is 12.0. The van der Waals surface area contributed by atoms with Crippen LogP contribution in [-0.2, 0) is 4.79 Å². The van der Waals surface area contributed by atoms with Gasteiger partial charge in [-0.05, 0) is 32.9 Å². The van der Waals surface area contributed by atoms with Crippen LogP contribution >= 0.6 is 11.3 Å². The molecule has 1 aromatic heterocycles. The van der Waals surface area contributed by atoms with Crippen LogP contribution in [0.5, 0.6) is 0 Å². The number of carbonyl (C=O) groups excluding carboxylic acids is 1. The zero-order chi connectivity index (χ0) is 13.0. The largest absolute Gasteiger partial charge is 0.338 e. The molecule has 1 fully saturated rings. The number of amides is 1. The fourth-order valence-electron chi connectivity index (χ4n) is 2.13. The van der Waals surface area contributed by atoms with E-state index in [1.807, 2.05) is 24.3 Å². The first kappa shape index (κ1) is 13.2. The molecule has 0 spiro atoms. The van der Waals surface area contributed by atoms with Crippen LogP contribution < -0.4 is 5.32 Å². The Morgan fingerprint density at radius 3 is 3.17 bits per heavy atom. The second-order valence-electron chi connectivity index (χ2n) is 4.54. The van der Waals surface area contributed by atoms with Crippen molar-refractivity contribution in [3.63, 3.8) is 0 Å². The molecule has 0 aromatic carbocycles. The van der Waals surface area contributed by atoms with Gasteiger partial charge in [-0.1, -0.05) is 0 Å². The van der Waals surface area contributed by atoms with Gasteiger partial charge in [0.25, 0.3) is 0 Å². The summed E-state index contributed by atoms with van der Waals surface area (Å²) in [6.07, 6.45) is 5.65. The van der Waals surface area contributed by atoms with Crippen molar-refractivity contribution in [2.45, 2.75) is 25.8 Å². The minimum Gasteiger partial charge on any atom is -0.338 e. The summed E-state index contributed by atoms with van der Waals surface area (Å²) in [6.45, 7) is 3.62. The van der Waals surface area contributed by atoms with Gasteiger partial charge in [-0.25, -0.2) is 4.98 Å². The van der Waals surface area contributed by atoms with Crippen molar-refractivity contribution in [2.75, 3.05) is 20.1 Å². The predicted molar refractivity (Wildman–Crippen MR) is 74.5 cm³/mol. The van der Waals surface area contributed by atoms with Gasteiger partial charge in [0, 0.05) is 30.6 Å². The molecule has 2 heterocycles. The van der Waals surface area contributed by atoms with Gasteiger partial charge in [-0.3, -0.25) is 4.79 Å². The van der Waals surface area contributed by atoms with E-state index in [-0.39, 0.29) is 5.91 Å². The molecule has 0 radical (unpaired) electrons. The molecule has 0 saturated carbocycles. The first-order chi connectivity index (χ1) is 8.69. The first-order valence-electron chi connectivity index (χ1n) is 6.25. The Morgan fingerprint density at radius 1 is 1.67 bits per heavy atom. The van der Waals surface area contributed by atoms with Crippen LogP contribution in [0.15, 0.2) is 11.5 Å². The molecule has 1 saturated heterocycles. The first-order valence-corrected chi connectivity index (χ1v) is 7.13. The van der Waals surface area contributed by atoms with Crippen molar-refractivity contribution in [3.05, 3.63) is 22.2 Å². The van der Waals surface area contributed by atoms with Gasteiger partial charge in [-0.2, -0.15) is 0 Å². The summed E-state index contributed by atoms with van der Waals surface area (Å²) in [7, 11) is 1.95. The maximum atomic E-state index is 12.0. The third-order valence-corrected chi connectivity index (χ3v) is 3.97.